The first-order valence-electron chi connectivity index (χ1n) is 5.67. The summed E-state index contributed by atoms with van der Waals surface area (Å²) in [5.41, 5.74) is -0.496. The number of carbonyl (C=O) groups is 2. The molecule has 6 heteroatoms. The molecule has 2 aromatic rings. The summed E-state index contributed by atoms with van der Waals surface area (Å²) in [4.78, 5) is 25.7. The van der Waals surface area contributed by atoms with Gasteiger partial charge in [-0.05, 0) is 32.0 Å². The lowest BCUT2D eigenvalue weighted by molar-refractivity contribution is -0.143. The summed E-state index contributed by atoms with van der Waals surface area (Å²) in [5.74, 6) is -1.54. The maximum atomic E-state index is 12.0. The molecule has 0 aliphatic carbocycles. The van der Waals surface area contributed by atoms with E-state index in [1.807, 2.05) is 0 Å². The molecule has 19 heavy (non-hydrogen) atoms. The van der Waals surface area contributed by atoms with Gasteiger partial charge in [0.25, 0.3) is 5.91 Å². The second kappa shape index (κ2) is 4.31. The third-order valence-electron chi connectivity index (χ3n) is 2.81. The van der Waals surface area contributed by atoms with Crippen LogP contribution in [-0.4, -0.2) is 32.6 Å². The molecule has 1 aromatic heterocycles. The highest BCUT2D eigenvalue weighted by atomic mass is 16.4. The zero-order chi connectivity index (χ0) is 14.2. The number of H-pyrrole nitrogens is 1. The van der Waals surface area contributed by atoms with Crippen molar-refractivity contribution < 1.29 is 19.8 Å². The molecule has 0 saturated carbocycles. The van der Waals surface area contributed by atoms with Crippen LogP contribution in [0.2, 0.25) is 0 Å². The molecule has 0 aliphatic heterocycles. The average molecular weight is 262 g/mol. The van der Waals surface area contributed by atoms with E-state index in [-0.39, 0.29) is 11.4 Å². The minimum absolute atomic E-state index is 0.0900. The fourth-order valence-corrected chi connectivity index (χ4v) is 1.64. The van der Waals surface area contributed by atoms with E-state index >= 15 is 0 Å². The van der Waals surface area contributed by atoms with Crippen LogP contribution in [0.25, 0.3) is 10.9 Å². The van der Waals surface area contributed by atoms with Crippen molar-refractivity contribution in [1.29, 1.82) is 0 Å². The molecule has 0 aliphatic rings. The molecule has 0 bridgehead atoms. The first kappa shape index (κ1) is 12.9. The number of nitrogens with one attached hydrogen (secondary N) is 2. The number of aromatic hydroxyl groups is 1. The van der Waals surface area contributed by atoms with Gasteiger partial charge in [-0.2, -0.15) is 0 Å². The van der Waals surface area contributed by atoms with Gasteiger partial charge in [0.15, 0.2) is 0 Å². The van der Waals surface area contributed by atoms with Gasteiger partial charge in [0, 0.05) is 17.0 Å². The molecule has 1 heterocycles. The first-order valence-corrected chi connectivity index (χ1v) is 5.67. The summed E-state index contributed by atoms with van der Waals surface area (Å²) in [6, 6.07) is 6.27. The Kier molecular flexibility index (Phi) is 2.94. The number of carboxylic acid groups (broad SMARTS) is 1. The number of hydrogen-bond acceptors (Lipinski definition) is 3. The van der Waals surface area contributed by atoms with Crippen LogP contribution in [-0.2, 0) is 4.79 Å². The fraction of sp³-hybridized carbons (Fsp3) is 0.231. The van der Waals surface area contributed by atoms with Gasteiger partial charge in [-0.25, -0.2) is 4.79 Å². The second-order valence-corrected chi connectivity index (χ2v) is 4.84. The SMILES string of the molecule is CC(C)(NC(=O)c1cc2ccc(O)cc2[nH]1)C(=O)O. The predicted molar refractivity (Wildman–Crippen MR) is 69.1 cm³/mol. The Morgan fingerprint density at radius 1 is 1.26 bits per heavy atom. The maximum Gasteiger partial charge on any atom is 0.328 e. The Morgan fingerprint density at radius 3 is 2.58 bits per heavy atom. The van der Waals surface area contributed by atoms with Crippen LogP contribution in [0.4, 0.5) is 0 Å². The van der Waals surface area contributed by atoms with E-state index in [4.69, 9.17) is 5.11 Å². The summed E-state index contributed by atoms with van der Waals surface area (Å²) in [5, 5.41) is 21.5. The van der Waals surface area contributed by atoms with Gasteiger partial charge in [0.1, 0.15) is 17.0 Å². The van der Waals surface area contributed by atoms with Crippen LogP contribution in [0.5, 0.6) is 5.75 Å². The summed E-state index contributed by atoms with van der Waals surface area (Å²) in [7, 11) is 0. The van der Waals surface area contributed by atoms with Crippen molar-refractivity contribution in [2.24, 2.45) is 0 Å². The molecule has 0 fully saturated rings. The molecule has 4 N–H and O–H groups in total. The molecule has 0 radical (unpaired) electrons. The van der Waals surface area contributed by atoms with Crippen molar-refractivity contribution in [2.75, 3.05) is 0 Å². The second-order valence-electron chi connectivity index (χ2n) is 4.84. The van der Waals surface area contributed by atoms with Crippen molar-refractivity contribution in [1.82, 2.24) is 10.3 Å². The van der Waals surface area contributed by atoms with E-state index in [0.29, 0.717) is 5.52 Å². The van der Waals surface area contributed by atoms with Gasteiger partial charge in [-0.15, -0.1) is 0 Å². The van der Waals surface area contributed by atoms with E-state index in [0.717, 1.165) is 5.39 Å². The molecule has 100 valence electrons. The molecular formula is C13H14N2O4. The van der Waals surface area contributed by atoms with E-state index in [2.05, 4.69) is 10.3 Å². The van der Waals surface area contributed by atoms with Crippen molar-refractivity contribution in [2.45, 2.75) is 19.4 Å². The number of fused-ring (bicyclic) bond motifs is 1. The monoisotopic (exact) mass is 262 g/mol. The summed E-state index contributed by atoms with van der Waals surface area (Å²) in [6.07, 6.45) is 0. The third-order valence-corrected chi connectivity index (χ3v) is 2.81. The molecule has 0 spiro atoms. The van der Waals surface area contributed by atoms with Gasteiger partial charge in [-0.3, -0.25) is 4.79 Å². The Balaban J connectivity index is 2.29. The van der Waals surface area contributed by atoms with Crippen molar-refractivity contribution in [3.05, 3.63) is 30.0 Å². The lowest BCUT2D eigenvalue weighted by Gasteiger charge is -2.20. The highest BCUT2D eigenvalue weighted by Crippen LogP contribution is 2.20. The minimum atomic E-state index is -1.35. The number of phenolic OH excluding ortho intramolecular Hbond substituents is 1. The molecular weight excluding hydrogens is 248 g/mol. The van der Waals surface area contributed by atoms with E-state index in [9.17, 15) is 14.7 Å². The highest BCUT2D eigenvalue weighted by Gasteiger charge is 2.29. The Morgan fingerprint density at radius 2 is 1.95 bits per heavy atom. The molecule has 0 unspecified atom stereocenters. The number of aromatic amines is 1. The molecule has 6 nitrogen and oxygen atoms in total. The number of amides is 1. The number of hydrogen-bond donors (Lipinski definition) is 4. The fourth-order valence-electron chi connectivity index (χ4n) is 1.64. The smallest absolute Gasteiger partial charge is 0.328 e. The van der Waals surface area contributed by atoms with Crippen LogP contribution < -0.4 is 5.32 Å². The Hall–Kier alpha value is -2.50. The van der Waals surface area contributed by atoms with Crippen LogP contribution >= 0.6 is 0 Å². The zero-order valence-corrected chi connectivity index (χ0v) is 10.5. The molecule has 2 rings (SSSR count). The van der Waals surface area contributed by atoms with E-state index in [1.165, 1.54) is 26.0 Å². The third kappa shape index (κ3) is 2.52. The van der Waals surface area contributed by atoms with Crippen LogP contribution in [0.15, 0.2) is 24.3 Å². The van der Waals surface area contributed by atoms with Gasteiger partial charge in [0.05, 0.1) is 0 Å². The van der Waals surface area contributed by atoms with Crippen molar-refractivity contribution >= 4 is 22.8 Å². The molecule has 1 aromatic carbocycles. The highest BCUT2D eigenvalue weighted by molar-refractivity contribution is 6.00. The number of aromatic nitrogens is 1. The van der Waals surface area contributed by atoms with Crippen molar-refractivity contribution in [3.63, 3.8) is 0 Å². The number of aliphatic carboxylic acids is 1. The predicted octanol–water partition coefficient (Wildman–Crippen LogP) is 1.47. The van der Waals surface area contributed by atoms with Gasteiger partial charge in [0.2, 0.25) is 0 Å². The van der Waals surface area contributed by atoms with E-state index in [1.54, 1.807) is 12.1 Å². The number of carbonyl (C=O) groups excluding carboxylic acids is 1. The molecule has 0 saturated heterocycles. The minimum Gasteiger partial charge on any atom is -0.508 e. The Bertz CT molecular complexity index is 658. The number of phenols is 1. The Labute approximate surface area is 109 Å². The van der Waals surface area contributed by atoms with Crippen molar-refractivity contribution in [3.8, 4) is 5.75 Å². The van der Waals surface area contributed by atoms with Gasteiger partial charge < -0.3 is 20.5 Å². The summed E-state index contributed by atoms with van der Waals surface area (Å²) < 4.78 is 0. The number of carboxylic acids is 1. The van der Waals surface area contributed by atoms with E-state index < -0.39 is 17.4 Å². The molecule has 1 amide bonds. The topological polar surface area (TPSA) is 102 Å². The largest absolute Gasteiger partial charge is 0.508 e. The summed E-state index contributed by atoms with van der Waals surface area (Å²) >= 11 is 0. The molecule has 0 atom stereocenters. The number of rotatable bonds is 3. The van der Waals surface area contributed by atoms with Gasteiger partial charge >= 0.3 is 5.97 Å². The van der Waals surface area contributed by atoms with Crippen LogP contribution in [0.3, 0.4) is 0 Å². The zero-order valence-electron chi connectivity index (χ0n) is 10.5. The first-order chi connectivity index (χ1) is 8.79. The van der Waals surface area contributed by atoms with Gasteiger partial charge in [-0.1, -0.05) is 0 Å². The lowest BCUT2D eigenvalue weighted by Crippen LogP contribution is -2.49. The average Bonchev–Trinajstić information content (AvgIpc) is 2.71. The lowest BCUT2D eigenvalue weighted by atomic mass is 10.1. The maximum absolute atomic E-state index is 12.0. The normalized spacial score (nSPS) is 11.5. The standard InChI is InChI=1S/C13H14N2O4/c1-13(2,12(18)19)15-11(17)10-5-7-3-4-8(16)6-9(7)14-10/h3-6,14,16H,1-2H3,(H,15,17)(H,18,19). The van der Waals surface area contributed by atoms with Crippen LogP contribution in [0.1, 0.15) is 24.3 Å². The summed E-state index contributed by atoms with van der Waals surface area (Å²) in [6.45, 7) is 2.81. The number of benzene rings is 1. The quantitative estimate of drug-likeness (QED) is 0.672. The van der Waals surface area contributed by atoms with Crippen LogP contribution in [0, 0.1) is 0 Å².